The van der Waals surface area contributed by atoms with E-state index in [4.69, 9.17) is 14.2 Å². The van der Waals surface area contributed by atoms with Crippen LogP contribution in [0.1, 0.15) is 51.9 Å². The average molecular weight is 377 g/mol. The zero-order chi connectivity index (χ0) is 18.6. The highest BCUT2D eigenvalue weighted by Gasteiger charge is 2.56. The van der Waals surface area contributed by atoms with Crippen molar-refractivity contribution in [3.63, 3.8) is 0 Å². The molecule has 2 saturated carbocycles. The number of esters is 1. The lowest BCUT2D eigenvalue weighted by molar-refractivity contribution is -0.911. The minimum atomic E-state index is -0.325. The van der Waals surface area contributed by atoms with Gasteiger partial charge in [-0.3, -0.25) is 4.79 Å². The molecule has 5 atom stereocenters. The predicted octanol–water partition coefficient (Wildman–Crippen LogP) is 1.72. The van der Waals surface area contributed by atoms with E-state index in [1.807, 2.05) is 0 Å². The summed E-state index contributed by atoms with van der Waals surface area (Å²) in [4.78, 5) is 14.3. The van der Waals surface area contributed by atoms with E-state index in [1.165, 1.54) is 23.3 Å². The first kappa shape index (κ1) is 18.1. The molecule has 150 valence electrons. The zero-order valence-electron chi connectivity index (χ0n) is 16.6. The Morgan fingerprint density at radius 3 is 2.67 bits per heavy atom. The Hall–Kier alpha value is -0.910. The summed E-state index contributed by atoms with van der Waals surface area (Å²) in [5.74, 6) is 0.745. The molecule has 2 aliphatic carbocycles. The van der Waals surface area contributed by atoms with Crippen molar-refractivity contribution in [3.8, 4) is 0 Å². The highest BCUT2D eigenvalue weighted by Crippen LogP contribution is 2.56. The first-order valence-electron chi connectivity index (χ1n) is 11.0. The lowest BCUT2D eigenvalue weighted by Crippen LogP contribution is -3.14. The number of hydrogen-bond donors (Lipinski definition) is 1. The molecule has 5 nitrogen and oxygen atoms in total. The van der Waals surface area contributed by atoms with Gasteiger partial charge in [-0.25, -0.2) is 0 Å². The third kappa shape index (κ3) is 3.06. The van der Waals surface area contributed by atoms with Crippen LogP contribution < -0.4 is 4.90 Å². The molecule has 1 N–H and O–H groups in total. The Balaban J connectivity index is 1.26. The van der Waals surface area contributed by atoms with Gasteiger partial charge in [0.1, 0.15) is 12.0 Å². The molecule has 1 spiro atoms. The van der Waals surface area contributed by atoms with Gasteiger partial charge in [0.05, 0.1) is 45.7 Å². The van der Waals surface area contributed by atoms with Crippen molar-refractivity contribution in [3.05, 3.63) is 12.2 Å². The van der Waals surface area contributed by atoms with Crippen molar-refractivity contribution in [2.24, 2.45) is 23.2 Å². The maximum Gasteiger partial charge on any atom is 0.315 e. The topological polar surface area (TPSA) is 49.2 Å². The Labute approximate surface area is 162 Å². The van der Waals surface area contributed by atoms with Gasteiger partial charge in [0.25, 0.3) is 0 Å². The van der Waals surface area contributed by atoms with Gasteiger partial charge in [-0.15, -0.1) is 0 Å². The van der Waals surface area contributed by atoms with Gasteiger partial charge >= 0.3 is 5.97 Å². The van der Waals surface area contributed by atoms with Crippen LogP contribution in [0.25, 0.3) is 0 Å². The maximum absolute atomic E-state index is 12.7. The summed E-state index contributed by atoms with van der Waals surface area (Å²) in [6.07, 6.45) is 7.80. The molecule has 0 aromatic heterocycles. The van der Waals surface area contributed by atoms with Gasteiger partial charge in [-0.2, -0.15) is 0 Å². The number of carbonyl (C=O) groups excluding carboxylic acids is 1. The molecular weight excluding hydrogens is 342 g/mol. The van der Waals surface area contributed by atoms with Crippen molar-refractivity contribution < 1.29 is 23.9 Å². The Morgan fingerprint density at radius 1 is 1.19 bits per heavy atom. The van der Waals surface area contributed by atoms with Crippen LogP contribution in [0.4, 0.5) is 0 Å². The van der Waals surface area contributed by atoms with Gasteiger partial charge in [0.2, 0.25) is 0 Å². The highest BCUT2D eigenvalue weighted by molar-refractivity contribution is 5.75. The van der Waals surface area contributed by atoms with Crippen molar-refractivity contribution in [2.45, 2.75) is 63.8 Å². The molecule has 3 saturated heterocycles. The number of carbonyl (C=O) groups is 1. The molecule has 0 radical (unpaired) electrons. The van der Waals surface area contributed by atoms with Crippen molar-refractivity contribution in [2.75, 3.05) is 32.8 Å². The molecule has 5 aliphatic rings. The first-order chi connectivity index (χ1) is 13.0. The van der Waals surface area contributed by atoms with Gasteiger partial charge in [-0.1, -0.05) is 19.1 Å². The molecule has 0 aromatic rings. The number of ether oxygens (including phenoxy) is 3. The fraction of sp³-hybridized carbons (Fsp3) is 0.864. The van der Waals surface area contributed by atoms with E-state index < -0.39 is 0 Å². The van der Waals surface area contributed by atoms with Gasteiger partial charge in [0, 0.05) is 5.92 Å². The molecule has 3 aliphatic heterocycles. The van der Waals surface area contributed by atoms with Crippen LogP contribution in [-0.2, 0) is 19.0 Å². The van der Waals surface area contributed by atoms with E-state index in [0.717, 1.165) is 65.0 Å². The van der Waals surface area contributed by atoms with E-state index in [0.29, 0.717) is 11.8 Å². The summed E-state index contributed by atoms with van der Waals surface area (Å²) in [5.41, 5.74) is 1.70. The Bertz CT molecular complexity index is 618. The number of nitrogens with one attached hydrogen (secondary N) is 1. The van der Waals surface area contributed by atoms with Crippen LogP contribution in [0.15, 0.2) is 12.2 Å². The minimum absolute atomic E-state index is 0.0546. The van der Waals surface area contributed by atoms with Crippen molar-refractivity contribution in [1.29, 1.82) is 0 Å². The van der Waals surface area contributed by atoms with Crippen LogP contribution in [0, 0.1) is 23.2 Å². The lowest BCUT2D eigenvalue weighted by Gasteiger charge is -2.50. The Morgan fingerprint density at radius 2 is 1.93 bits per heavy atom. The van der Waals surface area contributed by atoms with Crippen molar-refractivity contribution >= 4 is 5.97 Å². The summed E-state index contributed by atoms with van der Waals surface area (Å²) in [7, 11) is 0. The quantitative estimate of drug-likeness (QED) is 0.589. The molecule has 27 heavy (non-hydrogen) atoms. The fourth-order valence-corrected chi connectivity index (χ4v) is 6.77. The molecule has 3 heterocycles. The summed E-state index contributed by atoms with van der Waals surface area (Å²) in [5, 5.41) is 0. The molecular formula is C22H34NO4+. The molecule has 5 rings (SSSR count). The second kappa shape index (κ2) is 6.57. The summed E-state index contributed by atoms with van der Waals surface area (Å²) < 4.78 is 17.6. The maximum atomic E-state index is 12.7. The first-order valence-corrected chi connectivity index (χ1v) is 11.0. The number of quaternary nitrogens is 1. The number of rotatable bonds is 2. The largest absolute Gasteiger partial charge is 0.462 e. The molecule has 5 fully saturated rings. The summed E-state index contributed by atoms with van der Waals surface area (Å²) >= 11 is 0. The van der Waals surface area contributed by atoms with E-state index >= 15 is 0 Å². The SMILES string of the molecule is C=C1CCC[C@]2(C)C[C@H]3OC(=O)[C@@H](C[NH+]4CCC5(CC4)OCCO5)[C@H]3C[C@H]12. The second-order valence-electron chi connectivity index (χ2n) is 9.97. The standard InChI is InChI=1S/C22H33NO4/c1-15-4-3-5-21(2)13-19-16(12-18(15)21)17(20(24)27-19)14-23-8-6-22(7-9-23)25-10-11-26-22/h16-19H,1,3-14H2,2H3/p+1/t16-,17+,18-,19-,21-/m1/s1. The smallest absolute Gasteiger partial charge is 0.315 e. The minimum Gasteiger partial charge on any atom is -0.462 e. The Kier molecular flexibility index (Phi) is 4.41. The zero-order valence-corrected chi connectivity index (χ0v) is 16.6. The van der Waals surface area contributed by atoms with Crippen LogP contribution in [0.5, 0.6) is 0 Å². The molecule has 5 heteroatoms. The van der Waals surface area contributed by atoms with Gasteiger partial charge < -0.3 is 19.1 Å². The van der Waals surface area contributed by atoms with Crippen LogP contribution in [0.2, 0.25) is 0 Å². The van der Waals surface area contributed by atoms with E-state index in [2.05, 4.69) is 13.5 Å². The number of fused-ring (bicyclic) bond motifs is 2. The number of likely N-dealkylation sites (tertiary alicyclic amines) is 1. The van der Waals surface area contributed by atoms with E-state index in [1.54, 1.807) is 0 Å². The monoisotopic (exact) mass is 376 g/mol. The van der Waals surface area contributed by atoms with Crippen molar-refractivity contribution in [1.82, 2.24) is 0 Å². The van der Waals surface area contributed by atoms with Gasteiger partial charge in [0.15, 0.2) is 5.79 Å². The predicted molar refractivity (Wildman–Crippen MR) is 100 cm³/mol. The number of allylic oxidation sites excluding steroid dienone is 1. The number of piperidine rings is 1. The molecule has 0 bridgehead atoms. The number of hydrogen-bond acceptors (Lipinski definition) is 4. The van der Waals surface area contributed by atoms with Gasteiger partial charge in [-0.05, 0) is 43.4 Å². The van der Waals surface area contributed by atoms with E-state index in [9.17, 15) is 4.79 Å². The molecule has 0 unspecified atom stereocenters. The highest BCUT2D eigenvalue weighted by atomic mass is 16.7. The van der Waals surface area contributed by atoms with Crippen LogP contribution in [-0.4, -0.2) is 50.7 Å². The summed E-state index contributed by atoms with van der Waals surface area (Å²) in [6.45, 7) is 11.2. The molecule has 0 amide bonds. The normalized spacial score (nSPS) is 44.2. The van der Waals surface area contributed by atoms with Crippen LogP contribution in [0.3, 0.4) is 0 Å². The third-order valence-corrected chi connectivity index (χ3v) is 8.36. The average Bonchev–Trinajstić information content (AvgIpc) is 3.20. The van der Waals surface area contributed by atoms with Crippen LogP contribution >= 0.6 is 0 Å². The fourth-order valence-electron chi connectivity index (χ4n) is 6.77. The third-order valence-electron chi connectivity index (χ3n) is 8.36. The van der Waals surface area contributed by atoms with E-state index in [-0.39, 0.29) is 29.2 Å². The lowest BCUT2D eigenvalue weighted by atomic mass is 9.55. The second-order valence-corrected chi connectivity index (χ2v) is 9.97. The molecule has 0 aromatic carbocycles. The summed E-state index contributed by atoms with van der Waals surface area (Å²) in [6, 6.07) is 0.